The van der Waals surface area contributed by atoms with E-state index in [0.29, 0.717) is 6.61 Å². The van der Waals surface area contributed by atoms with Crippen LogP contribution >= 0.6 is 0 Å². The Morgan fingerprint density at radius 2 is 1.72 bits per heavy atom. The van der Waals surface area contributed by atoms with Crippen molar-refractivity contribution in [1.82, 2.24) is 0 Å². The molecule has 0 aromatic heterocycles. The number of hydrogen-bond donors (Lipinski definition) is 0. The Balaban J connectivity index is 1.89. The van der Waals surface area contributed by atoms with E-state index in [0.717, 1.165) is 16.7 Å². The first-order valence-corrected chi connectivity index (χ1v) is 5.95. The molecule has 0 amide bonds. The molecule has 0 aliphatic carbocycles. The minimum absolute atomic E-state index is 0.471. The zero-order valence-electron chi connectivity index (χ0n) is 10.7. The number of hydrogen-bond acceptors (Lipinski definition) is 2. The second-order valence-corrected chi connectivity index (χ2v) is 4.28. The fraction of sp³-hybridized carbons (Fsp3) is 0.188. The van der Waals surface area contributed by atoms with Crippen LogP contribution in [0.5, 0.6) is 0 Å². The molecule has 0 aliphatic rings. The molecule has 0 bridgehead atoms. The largest absolute Gasteiger partial charge is 0.390 e. The van der Waals surface area contributed by atoms with Crippen LogP contribution in [0.3, 0.4) is 0 Å². The van der Waals surface area contributed by atoms with Crippen LogP contribution in [0, 0.1) is 13.8 Å². The molecule has 0 aliphatic heterocycles. The Morgan fingerprint density at radius 1 is 1.00 bits per heavy atom. The zero-order chi connectivity index (χ0) is 12.8. The Labute approximate surface area is 108 Å². The van der Waals surface area contributed by atoms with Crippen molar-refractivity contribution in [3.8, 4) is 0 Å². The van der Waals surface area contributed by atoms with Crippen LogP contribution in [0.25, 0.3) is 0 Å². The van der Waals surface area contributed by atoms with Gasteiger partial charge in [0.05, 0.1) is 0 Å². The molecular formula is C16H16NO. The first-order valence-electron chi connectivity index (χ1n) is 5.95. The number of aryl methyl sites for hydroxylation is 2. The Morgan fingerprint density at radius 3 is 2.44 bits per heavy atom. The molecule has 1 radical (unpaired) electrons. The number of nitrogens with zero attached hydrogens (tertiary/aromatic N) is 1. The first-order chi connectivity index (χ1) is 8.75. The van der Waals surface area contributed by atoms with Crippen LogP contribution in [-0.4, -0.2) is 6.21 Å². The number of benzene rings is 2. The van der Waals surface area contributed by atoms with E-state index in [2.05, 4.69) is 30.4 Å². The van der Waals surface area contributed by atoms with Crippen molar-refractivity contribution in [3.63, 3.8) is 0 Å². The molecular weight excluding hydrogens is 222 g/mol. The molecule has 2 aromatic rings. The predicted octanol–water partition coefficient (Wildman–Crippen LogP) is 3.73. The van der Waals surface area contributed by atoms with E-state index in [-0.39, 0.29) is 0 Å². The quantitative estimate of drug-likeness (QED) is 0.587. The Hall–Kier alpha value is -2.09. The minimum Gasteiger partial charge on any atom is -0.390 e. The van der Waals surface area contributed by atoms with E-state index in [9.17, 15) is 0 Å². The molecule has 0 saturated heterocycles. The third-order valence-electron chi connectivity index (χ3n) is 2.73. The summed E-state index contributed by atoms with van der Waals surface area (Å²) < 4.78 is 0. The van der Waals surface area contributed by atoms with Crippen LogP contribution in [0.1, 0.15) is 22.3 Å². The van der Waals surface area contributed by atoms with E-state index in [1.54, 1.807) is 0 Å². The van der Waals surface area contributed by atoms with Crippen molar-refractivity contribution in [2.45, 2.75) is 20.5 Å². The number of rotatable bonds is 4. The second kappa shape index (κ2) is 6.01. The topological polar surface area (TPSA) is 21.6 Å². The van der Waals surface area contributed by atoms with Crippen LogP contribution in [0.4, 0.5) is 0 Å². The fourth-order valence-electron chi connectivity index (χ4n) is 1.57. The van der Waals surface area contributed by atoms with Gasteiger partial charge in [0.1, 0.15) is 12.8 Å². The summed E-state index contributed by atoms with van der Waals surface area (Å²) in [6.45, 7) is 4.56. The van der Waals surface area contributed by atoms with E-state index in [1.165, 1.54) is 5.56 Å². The summed E-state index contributed by atoms with van der Waals surface area (Å²) in [5.74, 6) is 0. The zero-order valence-corrected chi connectivity index (χ0v) is 10.7. The summed E-state index contributed by atoms with van der Waals surface area (Å²) in [7, 11) is 0. The molecule has 0 N–H and O–H groups in total. The van der Waals surface area contributed by atoms with Crippen LogP contribution in [0.15, 0.2) is 53.7 Å². The lowest BCUT2D eigenvalue weighted by atomic mass is 10.1. The molecule has 2 heteroatoms. The van der Waals surface area contributed by atoms with Crippen molar-refractivity contribution in [3.05, 3.63) is 70.8 Å². The summed E-state index contributed by atoms with van der Waals surface area (Å²) in [6.07, 6.45) is 2.90. The van der Waals surface area contributed by atoms with E-state index < -0.39 is 0 Å². The monoisotopic (exact) mass is 238 g/mol. The van der Waals surface area contributed by atoms with E-state index >= 15 is 0 Å². The van der Waals surface area contributed by atoms with Crippen LogP contribution < -0.4 is 0 Å². The second-order valence-electron chi connectivity index (χ2n) is 4.28. The highest BCUT2D eigenvalue weighted by molar-refractivity contribution is 5.81. The normalized spacial score (nSPS) is 10.8. The van der Waals surface area contributed by atoms with Gasteiger partial charge in [0.15, 0.2) is 0 Å². The molecule has 18 heavy (non-hydrogen) atoms. The molecule has 0 heterocycles. The third-order valence-corrected chi connectivity index (χ3v) is 2.73. The highest BCUT2D eigenvalue weighted by Crippen LogP contribution is 2.06. The van der Waals surface area contributed by atoms with Crippen molar-refractivity contribution in [1.29, 1.82) is 0 Å². The summed E-state index contributed by atoms with van der Waals surface area (Å²) in [4.78, 5) is 5.23. The van der Waals surface area contributed by atoms with Gasteiger partial charge in [-0.1, -0.05) is 59.3 Å². The molecule has 0 fully saturated rings. The lowest BCUT2D eigenvalue weighted by Gasteiger charge is -2.00. The summed E-state index contributed by atoms with van der Waals surface area (Å²) in [6, 6.07) is 16.2. The van der Waals surface area contributed by atoms with Gasteiger partial charge in [-0.3, -0.25) is 0 Å². The van der Waals surface area contributed by atoms with Crippen molar-refractivity contribution in [2.75, 3.05) is 0 Å². The Bertz CT molecular complexity index is 529. The van der Waals surface area contributed by atoms with Crippen molar-refractivity contribution >= 4 is 6.21 Å². The molecule has 2 rings (SSSR count). The maximum Gasteiger partial charge on any atom is 0.142 e. The smallest absolute Gasteiger partial charge is 0.142 e. The molecule has 0 unspecified atom stereocenters. The van der Waals surface area contributed by atoms with Gasteiger partial charge in [-0.2, -0.15) is 0 Å². The van der Waals surface area contributed by atoms with Gasteiger partial charge in [-0.25, -0.2) is 0 Å². The van der Waals surface area contributed by atoms with Gasteiger partial charge in [0.2, 0.25) is 0 Å². The SMILES string of the molecule is Cc1ccc(CO/N=[C]\c2ccccc2C)cc1. The van der Waals surface area contributed by atoms with Crippen molar-refractivity contribution < 1.29 is 4.84 Å². The average molecular weight is 238 g/mol. The van der Waals surface area contributed by atoms with Gasteiger partial charge < -0.3 is 4.84 Å². The minimum atomic E-state index is 0.471. The summed E-state index contributed by atoms with van der Waals surface area (Å²) in [5, 5.41) is 3.87. The molecule has 2 aromatic carbocycles. The molecule has 0 spiro atoms. The van der Waals surface area contributed by atoms with Gasteiger partial charge >= 0.3 is 0 Å². The highest BCUT2D eigenvalue weighted by atomic mass is 16.6. The fourth-order valence-corrected chi connectivity index (χ4v) is 1.57. The van der Waals surface area contributed by atoms with Gasteiger partial charge in [0, 0.05) is 5.56 Å². The average Bonchev–Trinajstić information content (AvgIpc) is 2.39. The molecule has 91 valence electrons. The lowest BCUT2D eigenvalue weighted by molar-refractivity contribution is 0.132. The van der Waals surface area contributed by atoms with Crippen LogP contribution in [0.2, 0.25) is 0 Å². The lowest BCUT2D eigenvalue weighted by Crippen LogP contribution is -1.90. The van der Waals surface area contributed by atoms with Crippen molar-refractivity contribution in [2.24, 2.45) is 5.16 Å². The van der Waals surface area contributed by atoms with E-state index in [1.807, 2.05) is 43.3 Å². The standard InChI is InChI=1S/C16H16NO/c1-13-7-9-15(10-8-13)12-18-17-11-16-6-4-3-5-14(16)2/h3-10H,12H2,1-2H3. The third kappa shape index (κ3) is 3.45. The van der Waals surface area contributed by atoms with Gasteiger partial charge in [-0.15, -0.1) is 0 Å². The maximum atomic E-state index is 5.23. The first kappa shape index (κ1) is 12.4. The van der Waals surface area contributed by atoms with Crippen LogP contribution in [-0.2, 0) is 11.4 Å². The predicted molar refractivity (Wildman–Crippen MR) is 73.7 cm³/mol. The molecule has 0 atom stereocenters. The highest BCUT2D eigenvalue weighted by Gasteiger charge is 1.94. The molecule has 0 saturated carbocycles. The van der Waals surface area contributed by atoms with Gasteiger partial charge in [-0.05, 0) is 25.0 Å². The van der Waals surface area contributed by atoms with E-state index in [4.69, 9.17) is 4.84 Å². The Kier molecular flexibility index (Phi) is 4.13. The summed E-state index contributed by atoms with van der Waals surface area (Å²) in [5.41, 5.74) is 4.45. The molecule has 2 nitrogen and oxygen atoms in total. The van der Waals surface area contributed by atoms with Gasteiger partial charge in [0.25, 0.3) is 0 Å². The maximum absolute atomic E-state index is 5.23. The summed E-state index contributed by atoms with van der Waals surface area (Å²) >= 11 is 0.